The van der Waals surface area contributed by atoms with Crippen molar-refractivity contribution in [3.63, 3.8) is 0 Å². The number of benzene rings is 3. The van der Waals surface area contributed by atoms with Gasteiger partial charge in [-0.15, -0.1) is 0 Å². The van der Waals surface area contributed by atoms with Crippen LogP contribution in [-0.2, 0) is 11.4 Å². The third-order valence-corrected chi connectivity index (χ3v) is 5.70. The molecular formula is C25H22BrClN2O6. The Labute approximate surface area is 215 Å². The maximum atomic E-state index is 12.5. The summed E-state index contributed by atoms with van der Waals surface area (Å²) >= 11 is 9.73. The van der Waals surface area contributed by atoms with Gasteiger partial charge >= 0.3 is 0 Å². The van der Waals surface area contributed by atoms with E-state index >= 15 is 0 Å². The number of carbonyl (C=O) groups excluding carboxylic acids is 1. The van der Waals surface area contributed by atoms with Gasteiger partial charge in [0.05, 0.1) is 34.9 Å². The van der Waals surface area contributed by atoms with Crippen LogP contribution in [0.5, 0.6) is 17.2 Å². The van der Waals surface area contributed by atoms with E-state index in [0.29, 0.717) is 38.9 Å². The summed E-state index contributed by atoms with van der Waals surface area (Å²) in [6.07, 6.45) is 2.95. The van der Waals surface area contributed by atoms with Crippen molar-refractivity contribution in [1.29, 1.82) is 0 Å². The van der Waals surface area contributed by atoms with Gasteiger partial charge < -0.3 is 19.5 Å². The lowest BCUT2D eigenvalue weighted by atomic mass is 10.1. The Morgan fingerprint density at radius 2 is 1.91 bits per heavy atom. The molecule has 3 rings (SSSR count). The number of amides is 1. The van der Waals surface area contributed by atoms with Crippen LogP contribution < -0.4 is 19.5 Å². The highest BCUT2D eigenvalue weighted by molar-refractivity contribution is 9.10. The van der Waals surface area contributed by atoms with Gasteiger partial charge in [-0.3, -0.25) is 14.9 Å². The number of nitro groups is 1. The second-order valence-electron chi connectivity index (χ2n) is 7.11. The van der Waals surface area contributed by atoms with Gasteiger partial charge in [-0.25, -0.2) is 0 Å². The number of halogens is 2. The van der Waals surface area contributed by atoms with E-state index in [1.165, 1.54) is 31.4 Å². The third-order valence-electron chi connectivity index (χ3n) is 4.74. The second kappa shape index (κ2) is 12.2. The highest BCUT2D eigenvalue weighted by Gasteiger charge is 2.14. The molecular weight excluding hydrogens is 540 g/mol. The molecule has 35 heavy (non-hydrogen) atoms. The van der Waals surface area contributed by atoms with Crippen molar-refractivity contribution < 1.29 is 23.9 Å². The molecule has 0 unspecified atom stereocenters. The summed E-state index contributed by atoms with van der Waals surface area (Å²) in [6, 6.07) is 14.9. The Morgan fingerprint density at radius 1 is 1.14 bits per heavy atom. The van der Waals surface area contributed by atoms with Crippen LogP contribution in [0.4, 0.5) is 11.4 Å². The van der Waals surface area contributed by atoms with Crippen molar-refractivity contribution in [2.75, 3.05) is 19.0 Å². The monoisotopic (exact) mass is 560 g/mol. The van der Waals surface area contributed by atoms with Gasteiger partial charge in [-0.1, -0.05) is 29.8 Å². The Morgan fingerprint density at radius 3 is 2.60 bits per heavy atom. The van der Waals surface area contributed by atoms with Gasteiger partial charge in [0.25, 0.3) is 5.69 Å². The lowest BCUT2D eigenvalue weighted by Gasteiger charge is -2.15. The standard InChI is InChI=1S/C25H22BrClN2O6/c1-3-34-23-13-16(12-19(26)25(23)35-15-17-6-4-5-7-20(17)27)8-11-24(30)28-21-10-9-18(29(31)32)14-22(21)33-2/h4-14H,3,15H2,1-2H3,(H,28,30)/b11-8+. The van der Waals surface area contributed by atoms with Crippen molar-refractivity contribution in [3.8, 4) is 17.2 Å². The Balaban J connectivity index is 1.76. The van der Waals surface area contributed by atoms with Crippen LogP contribution in [0.15, 0.2) is 65.1 Å². The van der Waals surface area contributed by atoms with E-state index in [1.807, 2.05) is 25.1 Å². The number of ether oxygens (including phenoxy) is 3. The molecule has 8 nitrogen and oxygen atoms in total. The van der Waals surface area contributed by atoms with Gasteiger partial charge in [0.15, 0.2) is 11.5 Å². The average molecular weight is 562 g/mol. The SMILES string of the molecule is CCOc1cc(/C=C/C(=O)Nc2ccc([N+](=O)[O-])cc2OC)cc(Br)c1OCc1ccccc1Cl. The number of hydrogen-bond donors (Lipinski definition) is 1. The average Bonchev–Trinajstić information content (AvgIpc) is 2.83. The minimum Gasteiger partial charge on any atom is -0.494 e. The molecule has 0 heterocycles. The number of nitrogens with one attached hydrogen (secondary N) is 1. The van der Waals surface area contributed by atoms with E-state index in [1.54, 1.807) is 24.3 Å². The fourth-order valence-corrected chi connectivity index (χ4v) is 3.86. The molecule has 3 aromatic carbocycles. The number of hydrogen-bond acceptors (Lipinski definition) is 6. The molecule has 0 atom stereocenters. The number of rotatable bonds is 10. The summed E-state index contributed by atoms with van der Waals surface area (Å²) in [4.78, 5) is 22.9. The highest BCUT2D eigenvalue weighted by Crippen LogP contribution is 2.38. The lowest BCUT2D eigenvalue weighted by Crippen LogP contribution is -2.09. The van der Waals surface area contributed by atoms with Crippen molar-refractivity contribution in [3.05, 3.63) is 91.4 Å². The van der Waals surface area contributed by atoms with Crippen molar-refractivity contribution >= 4 is 50.9 Å². The number of carbonyl (C=O) groups is 1. The molecule has 0 saturated heterocycles. The number of nitrogens with zero attached hydrogens (tertiary/aromatic N) is 1. The molecule has 0 aliphatic carbocycles. The van der Waals surface area contributed by atoms with Crippen LogP contribution in [0.1, 0.15) is 18.1 Å². The first-order valence-corrected chi connectivity index (χ1v) is 11.6. The van der Waals surface area contributed by atoms with E-state index in [-0.39, 0.29) is 18.0 Å². The Kier molecular flexibility index (Phi) is 9.11. The molecule has 10 heteroatoms. The minimum absolute atomic E-state index is 0.138. The maximum absolute atomic E-state index is 12.5. The zero-order chi connectivity index (χ0) is 25.4. The highest BCUT2D eigenvalue weighted by atomic mass is 79.9. The maximum Gasteiger partial charge on any atom is 0.273 e. The van der Waals surface area contributed by atoms with Crippen LogP contribution in [0.3, 0.4) is 0 Å². The topological polar surface area (TPSA) is 99.9 Å². The predicted octanol–water partition coefficient (Wildman–Crippen LogP) is 6.65. The molecule has 0 bridgehead atoms. The van der Waals surface area contributed by atoms with Crippen molar-refractivity contribution in [2.24, 2.45) is 0 Å². The zero-order valence-electron chi connectivity index (χ0n) is 18.9. The molecule has 182 valence electrons. The normalized spacial score (nSPS) is 10.7. The molecule has 0 saturated carbocycles. The van der Waals surface area contributed by atoms with E-state index < -0.39 is 10.8 Å². The van der Waals surface area contributed by atoms with Crippen LogP contribution in [-0.4, -0.2) is 24.5 Å². The molecule has 0 radical (unpaired) electrons. The fraction of sp³-hybridized carbons (Fsp3) is 0.160. The van der Waals surface area contributed by atoms with Gasteiger partial charge in [0.1, 0.15) is 12.4 Å². The summed E-state index contributed by atoms with van der Waals surface area (Å²) in [5.41, 5.74) is 1.70. The lowest BCUT2D eigenvalue weighted by molar-refractivity contribution is -0.384. The third kappa shape index (κ3) is 6.97. The van der Waals surface area contributed by atoms with E-state index in [0.717, 1.165) is 5.56 Å². The van der Waals surface area contributed by atoms with E-state index in [2.05, 4.69) is 21.2 Å². The minimum atomic E-state index is -0.538. The van der Waals surface area contributed by atoms with Crippen LogP contribution in [0.25, 0.3) is 6.08 Å². The fourth-order valence-electron chi connectivity index (χ4n) is 3.10. The molecule has 1 N–H and O–H groups in total. The van der Waals surface area contributed by atoms with Gasteiger partial charge in [0, 0.05) is 22.7 Å². The molecule has 0 aromatic heterocycles. The molecule has 0 spiro atoms. The molecule has 0 aliphatic heterocycles. The summed E-state index contributed by atoms with van der Waals surface area (Å²) in [6.45, 7) is 2.54. The van der Waals surface area contributed by atoms with E-state index in [4.69, 9.17) is 25.8 Å². The van der Waals surface area contributed by atoms with E-state index in [9.17, 15) is 14.9 Å². The first-order valence-electron chi connectivity index (χ1n) is 10.5. The number of nitro benzene ring substituents is 1. The first-order chi connectivity index (χ1) is 16.8. The largest absolute Gasteiger partial charge is 0.494 e. The molecule has 1 amide bonds. The predicted molar refractivity (Wildman–Crippen MR) is 138 cm³/mol. The van der Waals surface area contributed by atoms with Crippen LogP contribution >= 0.6 is 27.5 Å². The summed E-state index contributed by atoms with van der Waals surface area (Å²) < 4.78 is 17.5. The first kappa shape index (κ1) is 26.1. The smallest absolute Gasteiger partial charge is 0.273 e. The summed E-state index contributed by atoms with van der Waals surface area (Å²) in [7, 11) is 1.37. The Hall–Kier alpha value is -3.56. The quantitative estimate of drug-likeness (QED) is 0.169. The van der Waals surface area contributed by atoms with Crippen LogP contribution in [0, 0.1) is 10.1 Å². The van der Waals surface area contributed by atoms with Crippen molar-refractivity contribution in [1.82, 2.24) is 0 Å². The Bertz CT molecular complexity index is 1260. The molecule has 3 aromatic rings. The molecule has 0 aliphatic rings. The number of non-ortho nitro benzene ring substituents is 1. The number of methoxy groups -OCH3 is 1. The summed E-state index contributed by atoms with van der Waals surface area (Å²) in [5.74, 6) is 0.766. The second-order valence-corrected chi connectivity index (χ2v) is 8.37. The van der Waals surface area contributed by atoms with Crippen molar-refractivity contribution in [2.45, 2.75) is 13.5 Å². The zero-order valence-corrected chi connectivity index (χ0v) is 21.3. The summed E-state index contributed by atoms with van der Waals surface area (Å²) in [5, 5.41) is 14.2. The molecule has 0 fully saturated rings. The van der Waals surface area contributed by atoms with Gasteiger partial charge in [-0.05, 0) is 58.8 Å². The van der Waals surface area contributed by atoms with Gasteiger partial charge in [-0.2, -0.15) is 0 Å². The van der Waals surface area contributed by atoms with Gasteiger partial charge in [0.2, 0.25) is 5.91 Å². The van der Waals surface area contributed by atoms with Crippen LogP contribution in [0.2, 0.25) is 5.02 Å². The number of anilines is 1.